The quantitative estimate of drug-likeness (QED) is 0.675. The van der Waals surface area contributed by atoms with Crippen LogP contribution in [0.25, 0.3) is 11.3 Å². The summed E-state index contributed by atoms with van der Waals surface area (Å²) in [6.45, 7) is 0.766. The molecule has 8 nitrogen and oxygen atoms in total. The lowest BCUT2D eigenvalue weighted by Crippen LogP contribution is -2.33. The normalized spacial score (nSPS) is 15.5. The Morgan fingerprint density at radius 3 is 2.67 bits per heavy atom. The first-order chi connectivity index (χ1) is 14.4. The van der Waals surface area contributed by atoms with Gasteiger partial charge in [0.2, 0.25) is 15.9 Å². The minimum atomic E-state index is -3.69. The Kier molecular flexibility index (Phi) is 4.44. The number of carbonyl (C=O) groups excluding carboxylic acids is 1. The fraction of sp³-hybridized carbons (Fsp3) is 0.286. The van der Waals surface area contributed by atoms with Crippen molar-refractivity contribution >= 4 is 21.6 Å². The third-order valence-electron chi connectivity index (χ3n) is 5.71. The third kappa shape index (κ3) is 3.20. The van der Waals surface area contributed by atoms with E-state index < -0.39 is 10.0 Å². The Morgan fingerprint density at radius 2 is 1.90 bits per heavy atom. The molecule has 2 aliphatic heterocycles. The molecule has 1 amide bonds. The van der Waals surface area contributed by atoms with E-state index in [4.69, 9.17) is 0 Å². The molecule has 0 radical (unpaired) electrons. The van der Waals surface area contributed by atoms with E-state index in [0.717, 1.165) is 33.6 Å². The first-order valence-electron chi connectivity index (χ1n) is 9.80. The fourth-order valence-electron chi connectivity index (χ4n) is 4.22. The van der Waals surface area contributed by atoms with E-state index in [1.807, 2.05) is 19.2 Å². The molecule has 0 atom stereocenters. The minimum Gasteiger partial charge on any atom is -0.312 e. The van der Waals surface area contributed by atoms with E-state index in [1.165, 1.54) is 0 Å². The molecule has 0 spiro atoms. The molecule has 0 fully saturated rings. The molecule has 2 aliphatic rings. The van der Waals surface area contributed by atoms with Crippen molar-refractivity contribution in [1.29, 1.82) is 0 Å². The molecular formula is C21H21N5O3S. The summed E-state index contributed by atoms with van der Waals surface area (Å²) in [6, 6.07) is 7.19. The maximum Gasteiger partial charge on any atom is 0.240 e. The van der Waals surface area contributed by atoms with Gasteiger partial charge in [0.05, 0.1) is 16.3 Å². The van der Waals surface area contributed by atoms with Crippen LogP contribution in [0.5, 0.6) is 0 Å². The first kappa shape index (κ1) is 19.0. The van der Waals surface area contributed by atoms with Crippen LogP contribution in [0.3, 0.4) is 0 Å². The molecule has 1 aromatic carbocycles. The zero-order valence-corrected chi connectivity index (χ0v) is 17.3. The summed E-state index contributed by atoms with van der Waals surface area (Å²) in [6.07, 6.45) is 6.78. The number of anilines is 1. The van der Waals surface area contributed by atoms with Crippen molar-refractivity contribution in [2.75, 3.05) is 11.4 Å². The lowest BCUT2D eigenvalue weighted by atomic mass is 10.00. The Morgan fingerprint density at radius 1 is 1.10 bits per heavy atom. The summed E-state index contributed by atoms with van der Waals surface area (Å²) in [5.41, 5.74) is 5.32. The van der Waals surface area contributed by atoms with Gasteiger partial charge in [-0.2, -0.15) is 5.10 Å². The second-order valence-corrected chi connectivity index (χ2v) is 9.40. The molecular weight excluding hydrogens is 402 g/mol. The SMILES string of the molecule is Cn1nccc1-c1cncc(CNS(=O)(=O)c2cc3c4c(c2)CCN4C(=O)CC3)c1. The van der Waals surface area contributed by atoms with Gasteiger partial charge in [0.1, 0.15) is 0 Å². The summed E-state index contributed by atoms with van der Waals surface area (Å²) in [5.74, 6) is 0.121. The zero-order chi connectivity index (χ0) is 20.9. The number of aryl methyl sites for hydroxylation is 2. The van der Waals surface area contributed by atoms with Gasteiger partial charge in [0.25, 0.3) is 0 Å². The number of sulfonamides is 1. The van der Waals surface area contributed by atoms with Crippen LogP contribution in [0.2, 0.25) is 0 Å². The number of amides is 1. The van der Waals surface area contributed by atoms with Crippen LogP contribution < -0.4 is 9.62 Å². The molecule has 3 aromatic rings. The number of hydrogen-bond donors (Lipinski definition) is 1. The molecule has 154 valence electrons. The molecule has 0 aliphatic carbocycles. The monoisotopic (exact) mass is 423 g/mol. The van der Waals surface area contributed by atoms with Crippen LogP contribution >= 0.6 is 0 Å². The van der Waals surface area contributed by atoms with E-state index in [9.17, 15) is 13.2 Å². The Balaban J connectivity index is 1.39. The summed E-state index contributed by atoms with van der Waals surface area (Å²) in [4.78, 5) is 18.4. The van der Waals surface area contributed by atoms with Crippen LogP contribution in [-0.2, 0) is 41.3 Å². The summed E-state index contributed by atoms with van der Waals surface area (Å²) >= 11 is 0. The van der Waals surface area contributed by atoms with Crippen molar-refractivity contribution in [3.8, 4) is 11.3 Å². The van der Waals surface area contributed by atoms with Crippen LogP contribution in [-0.4, -0.2) is 35.6 Å². The predicted octanol–water partition coefficient (Wildman–Crippen LogP) is 1.80. The molecule has 5 rings (SSSR count). The molecule has 1 N–H and O–H groups in total. The number of carbonyl (C=O) groups is 1. The highest BCUT2D eigenvalue weighted by Gasteiger charge is 2.32. The second kappa shape index (κ2) is 7.03. The van der Waals surface area contributed by atoms with Crippen LogP contribution in [0.4, 0.5) is 5.69 Å². The van der Waals surface area contributed by atoms with Crippen LogP contribution in [0.1, 0.15) is 23.1 Å². The number of benzene rings is 1. The van der Waals surface area contributed by atoms with Gasteiger partial charge in [-0.05, 0) is 53.8 Å². The van der Waals surface area contributed by atoms with Crippen molar-refractivity contribution in [3.05, 3.63) is 59.5 Å². The molecule has 0 bridgehead atoms. The average Bonchev–Trinajstić information content (AvgIpc) is 3.37. The van der Waals surface area contributed by atoms with Gasteiger partial charge in [-0.3, -0.25) is 14.5 Å². The maximum absolute atomic E-state index is 13.0. The third-order valence-corrected chi connectivity index (χ3v) is 7.09. The number of aromatic nitrogens is 3. The lowest BCUT2D eigenvalue weighted by molar-refractivity contribution is -0.118. The zero-order valence-electron chi connectivity index (χ0n) is 16.5. The van der Waals surface area contributed by atoms with Crippen molar-refractivity contribution in [2.24, 2.45) is 7.05 Å². The topological polar surface area (TPSA) is 97.2 Å². The van der Waals surface area contributed by atoms with Gasteiger partial charge >= 0.3 is 0 Å². The smallest absolute Gasteiger partial charge is 0.240 e. The van der Waals surface area contributed by atoms with Crippen LogP contribution in [0, 0.1) is 0 Å². The number of hydrogen-bond acceptors (Lipinski definition) is 5. The van der Waals surface area contributed by atoms with Crippen molar-refractivity contribution in [3.63, 3.8) is 0 Å². The van der Waals surface area contributed by atoms with Gasteiger partial charge < -0.3 is 4.90 Å². The second-order valence-electron chi connectivity index (χ2n) is 7.63. The molecule has 9 heteroatoms. The molecule has 30 heavy (non-hydrogen) atoms. The van der Waals surface area contributed by atoms with E-state index >= 15 is 0 Å². The fourth-order valence-corrected chi connectivity index (χ4v) is 5.34. The van der Waals surface area contributed by atoms with Crippen molar-refractivity contribution in [2.45, 2.75) is 30.7 Å². The predicted molar refractivity (Wildman–Crippen MR) is 111 cm³/mol. The Hall–Kier alpha value is -3.04. The van der Waals surface area contributed by atoms with Gasteiger partial charge in [-0.15, -0.1) is 0 Å². The average molecular weight is 423 g/mol. The summed E-state index contributed by atoms with van der Waals surface area (Å²) in [7, 11) is -1.85. The standard InChI is InChI=1S/C21H21N5O3S/c1-25-19(4-6-23-25)17-8-14(11-22-13-17)12-24-30(28,29)18-9-15-2-3-20(27)26-7-5-16(10-18)21(15)26/h4,6,8-11,13,24H,2-3,5,7,12H2,1H3. The van der Waals surface area contributed by atoms with Crippen LogP contribution in [0.15, 0.2) is 47.8 Å². The van der Waals surface area contributed by atoms with Crippen molar-refractivity contribution < 1.29 is 13.2 Å². The maximum atomic E-state index is 13.0. The molecule has 4 heterocycles. The van der Waals surface area contributed by atoms with Gasteiger partial charge in [-0.1, -0.05) is 0 Å². The molecule has 0 saturated heterocycles. The van der Waals surface area contributed by atoms with Gasteiger partial charge in [0, 0.05) is 50.7 Å². The van der Waals surface area contributed by atoms with E-state index in [0.29, 0.717) is 25.8 Å². The minimum absolute atomic E-state index is 0.121. The summed E-state index contributed by atoms with van der Waals surface area (Å²) < 4.78 is 30.4. The van der Waals surface area contributed by atoms with E-state index in [1.54, 1.807) is 40.3 Å². The molecule has 0 unspecified atom stereocenters. The first-order valence-corrected chi connectivity index (χ1v) is 11.3. The Bertz CT molecular complexity index is 1270. The highest BCUT2D eigenvalue weighted by Crippen LogP contribution is 2.38. The number of rotatable bonds is 5. The Labute approximate surface area is 174 Å². The number of pyridine rings is 1. The highest BCUT2D eigenvalue weighted by molar-refractivity contribution is 7.89. The van der Waals surface area contributed by atoms with Gasteiger partial charge in [-0.25, -0.2) is 13.1 Å². The highest BCUT2D eigenvalue weighted by atomic mass is 32.2. The summed E-state index contributed by atoms with van der Waals surface area (Å²) in [5, 5.41) is 4.16. The lowest BCUT2D eigenvalue weighted by Gasteiger charge is -2.25. The van der Waals surface area contributed by atoms with E-state index in [2.05, 4.69) is 14.8 Å². The number of nitrogens with one attached hydrogen (secondary N) is 1. The molecule has 2 aromatic heterocycles. The van der Waals surface area contributed by atoms with E-state index in [-0.39, 0.29) is 17.3 Å². The van der Waals surface area contributed by atoms with Crippen molar-refractivity contribution in [1.82, 2.24) is 19.5 Å². The largest absolute Gasteiger partial charge is 0.312 e. The number of nitrogens with zero attached hydrogens (tertiary/aromatic N) is 4. The molecule has 0 saturated carbocycles. The van der Waals surface area contributed by atoms with Gasteiger partial charge in [0.15, 0.2) is 0 Å².